The van der Waals surface area contributed by atoms with Crippen LogP contribution in [0.4, 0.5) is 5.95 Å². The molecule has 0 radical (unpaired) electrons. The van der Waals surface area contributed by atoms with E-state index in [1.807, 2.05) is 18.3 Å². The highest BCUT2D eigenvalue weighted by Crippen LogP contribution is 2.16. The van der Waals surface area contributed by atoms with Gasteiger partial charge in [-0.3, -0.25) is 0 Å². The van der Waals surface area contributed by atoms with Gasteiger partial charge in [0.25, 0.3) is 0 Å². The molecule has 0 aliphatic carbocycles. The minimum Gasteiger partial charge on any atom is -0.383 e. The zero-order valence-electron chi connectivity index (χ0n) is 8.27. The first-order valence-corrected chi connectivity index (χ1v) is 5.34. The molecule has 0 saturated carbocycles. The van der Waals surface area contributed by atoms with Gasteiger partial charge in [-0.25, -0.2) is 4.52 Å². The maximum absolute atomic E-state index is 4.93. The van der Waals surface area contributed by atoms with E-state index in [-0.39, 0.29) is 0 Å². The van der Waals surface area contributed by atoms with Crippen molar-refractivity contribution in [3.63, 3.8) is 0 Å². The molecule has 0 aliphatic rings. The van der Waals surface area contributed by atoms with Crippen LogP contribution in [0.15, 0.2) is 22.8 Å². The summed E-state index contributed by atoms with van der Waals surface area (Å²) < 4.78 is 7.58. The van der Waals surface area contributed by atoms with Gasteiger partial charge in [-0.05, 0) is 28.1 Å². The van der Waals surface area contributed by atoms with Gasteiger partial charge in [-0.2, -0.15) is 4.98 Å². The van der Waals surface area contributed by atoms with E-state index >= 15 is 0 Å². The van der Waals surface area contributed by atoms with E-state index in [0.29, 0.717) is 19.1 Å². The van der Waals surface area contributed by atoms with Crippen LogP contribution in [0.5, 0.6) is 0 Å². The SMILES string of the molecule is COCCNc1nc2c(Br)cccn2n1. The Morgan fingerprint density at radius 3 is 3.20 bits per heavy atom. The maximum atomic E-state index is 4.93. The van der Waals surface area contributed by atoms with Crippen LogP contribution in [-0.2, 0) is 4.74 Å². The van der Waals surface area contributed by atoms with Crippen LogP contribution in [0.2, 0.25) is 0 Å². The first-order valence-electron chi connectivity index (χ1n) is 4.55. The highest BCUT2D eigenvalue weighted by Gasteiger charge is 2.04. The molecule has 1 N–H and O–H groups in total. The highest BCUT2D eigenvalue weighted by atomic mass is 79.9. The number of pyridine rings is 1. The second kappa shape index (κ2) is 4.59. The average Bonchev–Trinajstić information content (AvgIpc) is 2.63. The zero-order valence-corrected chi connectivity index (χ0v) is 9.86. The van der Waals surface area contributed by atoms with Crippen molar-refractivity contribution in [2.45, 2.75) is 0 Å². The molecular weight excluding hydrogens is 260 g/mol. The molecule has 0 amide bonds. The van der Waals surface area contributed by atoms with Crippen molar-refractivity contribution in [1.29, 1.82) is 0 Å². The van der Waals surface area contributed by atoms with Crippen molar-refractivity contribution >= 4 is 27.5 Å². The van der Waals surface area contributed by atoms with Crippen LogP contribution in [-0.4, -0.2) is 34.9 Å². The van der Waals surface area contributed by atoms with Crippen LogP contribution in [0.25, 0.3) is 5.65 Å². The Balaban J connectivity index is 2.20. The van der Waals surface area contributed by atoms with E-state index in [9.17, 15) is 0 Å². The number of ether oxygens (including phenoxy) is 1. The second-order valence-corrected chi connectivity index (χ2v) is 3.83. The normalized spacial score (nSPS) is 10.8. The summed E-state index contributed by atoms with van der Waals surface area (Å²) in [6.07, 6.45) is 1.86. The number of hydrogen-bond donors (Lipinski definition) is 1. The van der Waals surface area contributed by atoms with Gasteiger partial charge >= 0.3 is 0 Å². The third-order valence-corrected chi connectivity index (χ3v) is 2.52. The van der Waals surface area contributed by atoms with Gasteiger partial charge in [-0.15, -0.1) is 5.10 Å². The molecule has 2 heterocycles. The highest BCUT2D eigenvalue weighted by molar-refractivity contribution is 9.10. The number of anilines is 1. The number of nitrogens with one attached hydrogen (secondary N) is 1. The Morgan fingerprint density at radius 1 is 1.60 bits per heavy atom. The van der Waals surface area contributed by atoms with E-state index in [1.165, 1.54) is 0 Å². The molecule has 80 valence electrons. The molecule has 2 rings (SSSR count). The molecule has 0 fully saturated rings. The fourth-order valence-corrected chi connectivity index (χ4v) is 1.64. The topological polar surface area (TPSA) is 51.5 Å². The molecule has 0 unspecified atom stereocenters. The lowest BCUT2D eigenvalue weighted by Gasteiger charge is -1.98. The summed E-state index contributed by atoms with van der Waals surface area (Å²) in [4.78, 5) is 4.32. The fraction of sp³-hybridized carbons (Fsp3) is 0.333. The molecule has 6 heteroatoms. The summed E-state index contributed by atoms with van der Waals surface area (Å²) >= 11 is 3.42. The Labute approximate surface area is 95.6 Å². The van der Waals surface area contributed by atoms with Gasteiger partial charge in [0.2, 0.25) is 5.95 Å². The van der Waals surface area contributed by atoms with Gasteiger partial charge in [0.1, 0.15) is 0 Å². The van der Waals surface area contributed by atoms with Crippen LogP contribution in [0.3, 0.4) is 0 Å². The lowest BCUT2D eigenvalue weighted by molar-refractivity contribution is 0.210. The summed E-state index contributed by atoms with van der Waals surface area (Å²) in [5, 5.41) is 7.33. The van der Waals surface area contributed by atoms with Gasteiger partial charge < -0.3 is 10.1 Å². The molecular formula is C9H11BrN4O. The monoisotopic (exact) mass is 270 g/mol. The largest absolute Gasteiger partial charge is 0.383 e. The lowest BCUT2D eigenvalue weighted by Crippen LogP contribution is -2.08. The minimum atomic E-state index is 0.610. The van der Waals surface area contributed by atoms with E-state index in [1.54, 1.807) is 11.6 Å². The van der Waals surface area contributed by atoms with Gasteiger partial charge in [0, 0.05) is 19.9 Å². The molecule has 0 atom stereocenters. The molecule has 5 nitrogen and oxygen atoms in total. The number of nitrogens with zero attached hydrogens (tertiary/aromatic N) is 3. The predicted molar refractivity (Wildman–Crippen MR) is 61.1 cm³/mol. The van der Waals surface area contributed by atoms with Crippen molar-refractivity contribution in [3.8, 4) is 0 Å². The molecule has 2 aromatic rings. The molecule has 0 bridgehead atoms. The first-order chi connectivity index (χ1) is 7.31. The predicted octanol–water partition coefficient (Wildman–Crippen LogP) is 1.55. The quantitative estimate of drug-likeness (QED) is 0.857. The molecule has 0 aromatic carbocycles. The van der Waals surface area contributed by atoms with Crippen molar-refractivity contribution in [2.24, 2.45) is 0 Å². The zero-order chi connectivity index (χ0) is 10.7. The molecule has 15 heavy (non-hydrogen) atoms. The first kappa shape index (κ1) is 10.4. The summed E-state index contributed by atoms with van der Waals surface area (Å²) in [5.41, 5.74) is 0.803. The second-order valence-electron chi connectivity index (χ2n) is 2.98. The smallest absolute Gasteiger partial charge is 0.243 e. The summed E-state index contributed by atoms with van der Waals surface area (Å²) in [7, 11) is 1.66. The average molecular weight is 271 g/mol. The van der Waals surface area contributed by atoms with E-state index in [2.05, 4.69) is 31.3 Å². The molecule has 2 aromatic heterocycles. The van der Waals surface area contributed by atoms with Crippen LogP contribution < -0.4 is 5.32 Å². The Kier molecular flexibility index (Phi) is 3.17. The third kappa shape index (κ3) is 2.27. The molecule has 0 aliphatic heterocycles. The van der Waals surface area contributed by atoms with Crippen LogP contribution >= 0.6 is 15.9 Å². The van der Waals surface area contributed by atoms with Crippen molar-refractivity contribution < 1.29 is 4.74 Å². The number of aromatic nitrogens is 3. The number of halogens is 1. The van der Waals surface area contributed by atoms with Crippen molar-refractivity contribution in [3.05, 3.63) is 22.8 Å². The van der Waals surface area contributed by atoms with Crippen molar-refractivity contribution in [1.82, 2.24) is 14.6 Å². The number of methoxy groups -OCH3 is 1. The lowest BCUT2D eigenvalue weighted by atomic mass is 10.5. The summed E-state index contributed by atoms with van der Waals surface area (Å²) in [5.74, 6) is 0.610. The maximum Gasteiger partial charge on any atom is 0.243 e. The van der Waals surface area contributed by atoms with Crippen LogP contribution in [0, 0.1) is 0 Å². The fourth-order valence-electron chi connectivity index (χ4n) is 1.21. The number of hydrogen-bond acceptors (Lipinski definition) is 4. The summed E-state index contributed by atoms with van der Waals surface area (Å²) in [6, 6.07) is 3.84. The Bertz CT molecular complexity index is 456. The third-order valence-electron chi connectivity index (χ3n) is 1.90. The van der Waals surface area contributed by atoms with Gasteiger partial charge in [0.15, 0.2) is 5.65 Å². The van der Waals surface area contributed by atoms with Gasteiger partial charge in [0.05, 0.1) is 11.1 Å². The van der Waals surface area contributed by atoms with Crippen LogP contribution in [0.1, 0.15) is 0 Å². The minimum absolute atomic E-state index is 0.610. The van der Waals surface area contributed by atoms with Crippen molar-refractivity contribution in [2.75, 3.05) is 25.6 Å². The Hall–Kier alpha value is -1.14. The van der Waals surface area contributed by atoms with E-state index in [4.69, 9.17) is 4.74 Å². The van der Waals surface area contributed by atoms with E-state index in [0.717, 1.165) is 10.1 Å². The Morgan fingerprint density at radius 2 is 2.47 bits per heavy atom. The number of rotatable bonds is 4. The molecule has 0 spiro atoms. The number of fused-ring (bicyclic) bond motifs is 1. The molecule has 0 saturated heterocycles. The summed E-state index contributed by atoms with van der Waals surface area (Å²) in [6.45, 7) is 1.34. The standard InChI is InChI=1S/C9H11BrN4O/c1-15-6-4-11-9-12-8-7(10)3-2-5-14(8)13-9/h2-3,5H,4,6H2,1H3,(H,11,13). The van der Waals surface area contributed by atoms with Gasteiger partial charge in [-0.1, -0.05) is 0 Å². The van der Waals surface area contributed by atoms with E-state index < -0.39 is 0 Å².